The minimum Gasteiger partial charge on any atom is -0.376 e. The fraction of sp³-hybridized carbons (Fsp3) is 0.571. The molecule has 0 amide bonds. The second kappa shape index (κ2) is 7.91. The average Bonchev–Trinajstić information content (AvgIpc) is 3.19. The Kier molecular flexibility index (Phi) is 5.38. The van der Waals surface area contributed by atoms with E-state index in [-0.39, 0.29) is 0 Å². The van der Waals surface area contributed by atoms with E-state index in [1.807, 2.05) is 18.7 Å². The summed E-state index contributed by atoms with van der Waals surface area (Å²) in [6, 6.07) is 7.48. The Bertz CT molecular complexity index is 707. The van der Waals surface area contributed by atoms with Crippen LogP contribution in [-0.2, 0) is 11.3 Å². The molecular formula is C21H30N4O. The van der Waals surface area contributed by atoms with E-state index in [0.717, 1.165) is 32.3 Å². The molecular weight excluding hydrogens is 324 g/mol. The highest BCUT2D eigenvalue weighted by molar-refractivity contribution is 5.40. The van der Waals surface area contributed by atoms with Crippen LogP contribution in [0.4, 0.5) is 0 Å². The van der Waals surface area contributed by atoms with Crippen molar-refractivity contribution in [1.82, 2.24) is 19.4 Å². The molecule has 3 heterocycles. The van der Waals surface area contributed by atoms with Crippen molar-refractivity contribution >= 4 is 0 Å². The smallest absolute Gasteiger partial charge is 0.0991 e. The topological polar surface area (TPSA) is 33.5 Å². The number of hydrogen-bond donors (Lipinski definition) is 0. The van der Waals surface area contributed by atoms with Crippen LogP contribution in [0.1, 0.15) is 30.9 Å². The standard InChI is InChI=1S/C21H30N4O/c1-17-13-21(25-10-7-22-16-25)4-3-19(17)15-23-8-5-20(6-9-23)24-11-12-26-18(2)14-24/h3-4,7,10,13,16,18,20H,5-6,8-9,11-12,14-15H2,1-2H3. The number of morpholine rings is 1. The second-order valence-corrected chi connectivity index (χ2v) is 7.76. The third kappa shape index (κ3) is 4.00. The molecule has 0 N–H and O–H groups in total. The molecule has 1 aromatic carbocycles. The number of benzene rings is 1. The van der Waals surface area contributed by atoms with Crippen molar-refractivity contribution in [3.05, 3.63) is 48.0 Å². The van der Waals surface area contributed by atoms with Crippen LogP contribution in [0.15, 0.2) is 36.9 Å². The van der Waals surface area contributed by atoms with Gasteiger partial charge in [0.2, 0.25) is 0 Å². The molecule has 0 spiro atoms. The summed E-state index contributed by atoms with van der Waals surface area (Å²) in [5, 5.41) is 0. The molecule has 140 valence electrons. The maximum absolute atomic E-state index is 5.69. The summed E-state index contributed by atoms with van der Waals surface area (Å²) in [4.78, 5) is 9.40. The zero-order valence-corrected chi connectivity index (χ0v) is 16.0. The van der Waals surface area contributed by atoms with Crippen LogP contribution >= 0.6 is 0 Å². The van der Waals surface area contributed by atoms with Gasteiger partial charge in [0.15, 0.2) is 0 Å². The van der Waals surface area contributed by atoms with Crippen molar-refractivity contribution in [3.63, 3.8) is 0 Å². The molecule has 5 heteroatoms. The van der Waals surface area contributed by atoms with Crippen LogP contribution in [0.3, 0.4) is 0 Å². The molecule has 1 atom stereocenters. The Morgan fingerprint density at radius 3 is 2.73 bits per heavy atom. The van der Waals surface area contributed by atoms with Crippen molar-refractivity contribution in [2.24, 2.45) is 0 Å². The Hall–Kier alpha value is -1.69. The maximum Gasteiger partial charge on any atom is 0.0991 e. The Morgan fingerprint density at radius 2 is 2.04 bits per heavy atom. The summed E-state index contributed by atoms with van der Waals surface area (Å²) in [6.45, 7) is 10.9. The minimum absolute atomic E-state index is 0.387. The number of likely N-dealkylation sites (tertiary alicyclic amines) is 1. The first-order valence-corrected chi connectivity index (χ1v) is 9.85. The predicted molar refractivity (Wildman–Crippen MR) is 104 cm³/mol. The summed E-state index contributed by atoms with van der Waals surface area (Å²) in [5.74, 6) is 0. The lowest BCUT2D eigenvalue weighted by Crippen LogP contribution is -2.50. The molecule has 2 fully saturated rings. The van der Waals surface area contributed by atoms with Crippen LogP contribution in [-0.4, -0.2) is 64.3 Å². The zero-order valence-electron chi connectivity index (χ0n) is 16.0. The molecule has 2 aliphatic rings. The van der Waals surface area contributed by atoms with E-state index >= 15 is 0 Å². The lowest BCUT2D eigenvalue weighted by molar-refractivity contribution is -0.0437. The molecule has 4 rings (SSSR count). The number of nitrogens with zero attached hydrogens (tertiary/aromatic N) is 4. The largest absolute Gasteiger partial charge is 0.376 e. The highest BCUT2D eigenvalue weighted by atomic mass is 16.5. The van der Waals surface area contributed by atoms with E-state index in [1.54, 1.807) is 0 Å². The molecule has 0 bridgehead atoms. The first kappa shape index (κ1) is 17.7. The highest BCUT2D eigenvalue weighted by Crippen LogP contribution is 2.22. The molecule has 5 nitrogen and oxygen atoms in total. The normalized spacial score (nSPS) is 23.4. The van der Waals surface area contributed by atoms with Crippen molar-refractivity contribution in [2.75, 3.05) is 32.8 Å². The van der Waals surface area contributed by atoms with Gasteiger partial charge < -0.3 is 9.30 Å². The van der Waals surface area contributed by atoms with E-state index < -0.39 is 0 Å². The SMILES string of the molecule is Cc1cc(-n2ccnc2)ccc1CN1CCC(N2CCOC(C)C2)CC1. The zero-order chi connectivity index (χ0) is 17.9. The Labute approximate surface area is 156 Å². The van der Waals surface area contributed by atoms with Crippen LogP contribution in [0.25, 0.3) is 5.69 Å². The summed E-state index contributed by atoms with van der Waals surface area (Å²) in [5.41, 5.74) is 3.98. The van der Waals surface area contributed by atoms with Gasteiger partial charge in [0.05, 0.1) is 19.0 Å². The lowest BCUT2D eigenvalue weighted by Gasteiger charge is -2.41. The molecule has 2 saturated heterocycles. The summed E-state index contributed by atoms with van der Waals surface area (Å²) in [7, 11) is 0. The summed E-state index contributed by atoms with van der Waals surface area (Å²) < 4.78 is 7.75. The van der Waals surface area contributed by atoms with Crippen LogP contribution in [0.5, 0.6) is 0 Å². The number of ether oxygens (including phenoxy) is 1. The molecule has 0 saturated carbocycles. The number of imidazole rings is 1. The van der Waals surface area contributed by atoms with Gasteiger partial charge in [-0.25, -0.2) is 4.98 Å². The van der Waals surface area contributed by atoms with Gasteiger partial charge in [-0.1, -0.05) is 6.07 Å². The molecule has 1 unspecified atom stereocenters. The molecule has 0 radical (unpaired) electrons. The van der Waals surface area contributed by atoms with Gasteiger partial charge in [0.25, 0.3) is 0 Å². The van der Waals surface area contributed by atoms with Crippen molar-refractivity contribution in [3.8, 4) is 5.69 Å². The van der Waals surface area contributed by atoms with Crippen LogP contribution < -0.4 is 0 Å². The number of piperidine rings is 1. The van der Waals surface area contributed by atoms with Gasteiger partial charge in [-0.3, -0.25) is 9.80 Å². The lowest BCUT2D eigenvalue weighted by atomic mass is 10.0. The van der Waals surface area contributed by atoms with Gasteiger partial charge in [-0.2, -0.15) is 0 Å². The molecule has 2 aromatic rings. The fourth-order valence-electron chi connectivity index (χ4n) is 4.29. The first-order valence-electron chi connectivity index (χ1n) is 9.85. The third-order valence-electron chi connectivity index (χ3n) is 5.87. The number of rotatable bonds is 4. The van der Waals surface area contributed by atoms with Crippen molar-refractivity contribution < 1.29 is 4.74 Å². The first-order chi connectivity index (χ1) is 12.7. The van der Waals surface area contributed by atoms with Gasteiger partial charge in [0, 0.05) is 43.8 Å². The molecule has 26 heavy (non-hydrogen) atoms. The van der Waals surface area contributed by atoms with Gasteiger partial charge in [0.1, 0.15) is 0 Å². The highest BCUT2D eigenvalue weighted by Gasteiger charge is 2.27. The number of aryl methyl sites for hydroxylation is 1. The molecule has 1 aromatic heterocycles. The van der Waals surface area contributed by atoms with E-state index in [9.17, 15) is 0 Å². The Balaban J connectivity index is 1.33. The quantitative estimate of drug-likeness (QED) is 0.845. The molecule has 2 aliphatic heterocycles. The van der Waals surface area contributed by atoms with Crippen LogP contribution in [0, 0.1) is 6.92 Å². The average molecular weight is 354 g/mol. The van der Waals surface area contributed by atoms with Crippen molar-refractivity contribution in [1.29, 1.82) is 0 Å². The Morgan fingerprint density at radius 1 is 1.19 bits per heavy atom. The van der Waals surface area contributed by atoms with E-state index in [4.69, 9.17) is 4.74 Å². The summed E-state index contributed by atoms with van der Waals surface area (Å²) >= 11 is 0. The van der Waals surface area contributed by atoms with Crippen molar-refractivity contribution in [2.45, 2.75) is 45.4 Å². The fourth-order valence-corrected chi connectivity index (χ4v) is 4.29. The second-order valence-electron chi connectivity index (χ2n) is 7.76. The van der Waals surface area contributed by atoms with E-state index in [0.29, 0.717) is 6.10 Å². The minimum atomic E-state index is 0.387. The van der Waals surface area contributed by atoms with Crippen LogP contribution in [0.2, 0.25) is 0 Å². The van der Waals surface area contributed by atoms with Gasteiger partial charge >= 0.3 is 0 Å². The number of hydrogen-bond acceptors (Lipinski definition) is 4. The number of aromatic nitrogens is 2. The summed E-state index contributed by atoms with van der Waals surface area (Å²) in [6.07, 6.45) is 8.61. The van der Waals surface area contributed by atoms with E-state index in [2.05, 4.69) is 51.4 Å². The monoisotopic (exact) mass is 354 g/mol. The maximum atomic E-state index is 5.69. The van der Waals surface area contributed by atoms with Gasteiger partial charge in [-0.05, 0) is 63.0 Å². The van der Waals surface area contributed by atoms with E-state index in [1.165, 1.54) is 42.7 Å². The third-order valence-corrected chi connectivity index (χ3v) is 5.87. The predicted octanol–water partition coefficient (Wildman–Crippen LogP) is 2.87. The molecule has 0 aliphatic carbocycles. The van der Waals surface area contributed by atoms with Gasteiger partial charge in [-0.15, -0.1) is 0 Å².